The molecule has 1 saturated heterocycles. The minimum Gasteiger partial charge on any atom is -0.326 e. The number of thioether (sulfide) groups is 1. The molecule has 0 radical (unpaired) electrons. The lowest BCUT2D eigenvalue weighted by atomic mass is 10.2. The predicted octanol–water partition coefficient (Wildman–Crippen LogP) is 2.48. The van der Waals surface area contributed by atoms with E-state index in [0.717, 1.165) is 12.6 Å². The highest BCUT2D eigenvalue weighted by atomic mass is 32.2. The van der Waals surface area contributed by atoms with Crippen molar-refractivity contribution < 1.29 is 0 Å². The first-order valence-electron chi connectivity index (χ1n) is 6.15. The Morgan fingerprint density at radius 3 is 3.12 bits per heavy atom. The first kappa shape index (κ1) is 12.0. The van der Waals surface area contributed by atoms with Gasteiger partial charge in [-0.05, 0) is 39.8 Å². The molecule has 2 rings (SSSR count). The second-order valence-electron chi connectivity index (χ2n) is 4.41. The molecule has 0 amide bonds. The van der Waals surface area contributed by atoms with Crippen LogP contribution in [0.3, 0.4) is 0 Å². The molecule has 1 fully saturated rings. The highest BCUT2D eigenvalue weighted by Crippen LogP contribution is 2.23. The topological polar surface area (TPSA) is 21.1 Å². The van der Waals surface area contributed by atoms with Crippen LogP contribution < -0.4 is 0 Å². The molecule has 2 heterocycles. The molecule has 0 unspecified atom stereocenters. The summed E-state index contributed by atoms with van der Waals surface area (Å²) in [4.78, 5) is 6.88. The number of aromatic nitrogens is 2. The van der Waals surface area contributed by atoms with E-state index in [0.29, 0.717) is 0 Å². The van der Waals surface area contributed by atoms with Crippen LogP contribution in [-0.2, 0) is 6.54 Å². The van der Waals surface area contributed by atoms with Gasteiger partial charge >= 0.3 is 0 Å². The van der Waals surface area contributed by atoms with Crippen molar-refractivity contribution >= 4 is 11.8 Å². The molecule has 1 aliphatic rings. The van der Waals surface area contributed by atoms with E-state index >= 15 is 0 Å². The van der Waals surface area contributed by atoms with Crippen LogP contribution in [0.15, 0.2) is 17.6 Å². The van der Waals surface area contributed by atoms with Gasteiger partial charge in [-0.2, -0.15) is 0 Å². The molecule has 1 aromatic heterocycles. The molecule has 0 aromatic carbocycles. The molecule has 0 bridgehead atoms. The molecule has 0 aliphatic carbocycles. The third-order valence-electron chi connectivity index (χ3n) is 3.37. The zero-order valence-electron chi connectivity index (χ0n) is 10.2. The largest absolute Gasteiger partial charge is 0.326 e. The van der Waals surface area contributed by atoms with Gasteiger partial charge in [0.05, 0.1) is 0 Å². The standard InChI is InChI=1S/C12H21N3S/c1-3-15-9-7-13-12(15)16-10-6-11-5-4-8-14(11)2/h7,9,11H,3-6,8,10H2,1-2H3/t11-/m0/s1. The lowest BCUT2D eigenvalue weighted by Crippen LogP contribution is -2.25. The second kappa shape index (κ2) is 5.73. The van der Waals surface area contributed by atoms with Crippen molar-refractivity contribution in [2.24, 2.45) is 0 Å². The van der Waals surface area contributed by atoms with E-state index in [1.165, 1.54) is 36.7 Å². The summed E-state index contributed by atoms with van der Waals surface area (Å²) in [6.07, 6.45) is 7.99. The fraction of sp³-hybridized carbons (Fsp3) is 0.750. The third-order valence-corrected chi connectivity index (χ3v) is 4.41. The molecule has 16 heavy (non-hydrogen) atoms. The van der Waals surface area contributed by atoms with Gasteiger partial charge in [-0.1, -0.05) is 11.8 Å². The zero-order valence-corrected chi connectivity index (χ0v) is 11.0. The van der Waals surface area contributed by atoms with Gasteiger partial charge in [-0.25, -0.2) is 4.98 Å². The summed E-state index contributed by atoms with van der Waals surface area (Å²) in [5.41, 5.74) is 0. The molecule has 3 nitrogen and oxygen atoms in total. The van der Waals surface area contributed by atoms with Crippen LogP contribution in [0.1, 0.15) is 26.2 Å². The molecule has 0 N–H and O–H groups in total. The fourth-order valence-electron chi connectivity index (χ4n) is 2.31. The molecule has 1 aliphatic heterocycles. The lowest BCUT2D eigenvalue weighted by molar-refractivity contribution is 0.305. The average molecular weight is 239 g/mol. The monoisotopic (exact) mass is 239 g/mol. The minimum absolute atomic E-state index is 0.803. The number of hydrogen-bond donors (Lipinski definition) is 0. The van der Waals surface area contributed by atoms with Gasteiger partial charge in [0.1, 0.15) is 0 Å². The van der Waals surface area contributed by atoms with Crippen molar-refractivity contribution in [2.45, 2.75) is 43.9 Å². The Hall–Kier alpha value is -0.480. The van der Waals surface area contributed by atoms with Crippen LogP contribution >= 0.6 is 11.8 Å². The zero-order chi connectivity index (χ0) is 11.4. The van der Waals surface area contributed by atoms with Gasteiger partial charge in [-0.15, -0.1) is 0 Å². The SMILES string of the molecule is CCn1ccnc1SCC[C@@H]1CCCN1C. The van der Waals surface area contributed by atoms with Gasteiger partial charge in [0.25, 0.3) is 0 Å². The Labute approximate surface area is 102 Å². The van der Waals surface area contributed by atoms with E-state index < -0.39 is 0 Å². The highest BCUT2D eigenvalue weighted by Gasteiger charge is 2.20. The van der Waals surface area contributed by atoms with E-state index in [1.54, 1.807) is 0 Å². The minimum atomic E-state index is 0.803. The quantitative estimate of drug-likeness (QED) is 0.737. The molecular weight excluding hydrogens is 218 g/mol. The lowest BCUT2D eigenvalue weighted by Gasteiger charge is -2.18. The maximum absolute atomic E-state index is 4.38. The Bertz CT molecular complexity index is 324. The highest BCUT2D eigenvalue weighted by molar-refractivity contribution is 7.99. The molecule has 4 heteroatoms. The molecule has 90 valence electrons. The summed E-state index contributed by atoms with van der Waals surface area (Å²) in [6.45, 7) is 4.46. The van der Waals surface area contributed by atoms with Crippen molar-refractivity contribution in [3.63, 3.8) is 0 Å². The van der Waals surface area contributed by atoms with Crippen molar-refractivity contribution in [1.29, 1.82) is 0 Å². The van der Waals surface area contributed by atoms with E-state index in [9.17, 15) is 0 Å². The van der Waals surface area contributed by atoms with Crippen LogP contribution in [0.4, 0.5) is 0 Å². The van der Waals surface area contributed by atoms with Crippen LogP contribution in [0, 0.1) is 0 Å². The van der Waals surface area contributed by atoms with E-state index in [2.05, 4.69) is 34.6 Å². The molecule has 1 aromatic rings. The maximum Gasteiger partial charge on any atom is 0.167 e. The van der Waals surface area contributed by atoms with Crippen molar-refractivity contribution in [3.05, 3.63) is 12.4 Å². The summed E-state index contributed by atoms with van der Waals surface area (Å²) < 4.78 is 2.21. The number of imidazole rings is 1. The van der Waals surface area contributed by atoms with Crippen molar-refractivity contribution in [3.8, 4) is 0 Å². The number of rotatable bonds is 5. The van der Waals surface area contributed by atoms with Crippen LogP contribution in [0.5, 0.6) is 0 Å². The van der Waals surface area contributed by atoms with Crippen molar-refractivity contribution in [1.82, 2.24) is 14.5 Å². The average Bonchev–Trinajstić information content (AvgIpc) is 2.88. The Morgan fingerprint density at radius 2 is 2.44 bits per heavy atom. The van der Waals surface area contributed by atoms with E-state index in [4.69, 9.17) is 0 Å². The van der Waals surface area contributed by atoms with Crippen LogP contribution in [-0.4, -0.2) is 39.8 Å². The first-order chi connectivity index (χ1) is 7.81. The van der Waals surface area contributed by atoms with Gasteiger partial charge in [0.2, 0.25) is 0 Å². The third kappa shape index (κ3) is 2.80. The van der Waals surface area contributed by atoms with E-state index in [1.807, 2.05) is 18.0 Å². The summed E-state index contributed by atoms with van der Waals surface area (Å²) in [7, 11) is 2.25. The van der Waals surface area contributed by atoms with Crippen molar-refractivity contribution in [2.75, 3.05) is 19.3 Å². The summed E-state index contributed by atoms with van der Waals surface area (Å²) in [5, 5.41) is 1.17. The maximum atomic E-state index is 4.38. The number of aryl methyl sites for hydroxylation is 1. The van der Waals surface area contributed by atoms with Crippen LogP contribution in [0.2, 0.25) is 0 Å². The summed E-state index contributed by atoms with van der Waals surface area (Å²) in [5.74, 6) is 1.19. The van der Waals surface area contributed by atoms with Crippen LogP contribution in [0.25, 0.3) is 0 Å². The smallest absolute Gasteiger partial charge is 0.167 e. The van der Waals surface area contributed by atoms with Gasteiger partial charge in [0, 0.05) is 30.7 Å². The fourth-order valence-corrected chi connectivity index (χ4v) is 3.37. The summed E-state index contributed by atoms with van der Waals surface area (Å²) in [6, 6.07) is 0.803. The number of likely N-dealkylation sites (tertiary alicyclic amines) is 1. The Balaban J connectivity index is 1.75. The molecule has 0 saturated carbocycles. The second-order valence-corrected chi connectivity index (χ2v) is 5.47. The summed E-state index contributed by atoms with van der Waals surface area (Å²) >= 11 is 1.89. The van der Waals surface area contributed by atoms with Gasteiger partial charge in [-0.3, -0.25) is 0 Å². The molecule has 0 spiro atoms. The Morgan fingerprint density at radius 1 is 1.56 bits per heavy atom. The normalized spacial score (nSPS) is 21.8. The first-order valence-corrected chi connectivity index (χ1v) is 7.14. The predicted molar refractivity (Wildman–Crippen MR) is 68.9 cm³/mol. The number of hydrogen-bond acceptors (Lipinski definition) is 3. The number of nitrogens with zero attached hydrogens (tertiary/aromatic N) is 3. The molecular formula is C12H21N3S. The van der Waals surface area contributed by atoms with E-state index in [-0.39, 0.29) is 0 Å². The Kier molecular flexibility index (Phi) is 4.29. The van der Waals surface area contributed by atoms with Gasteiger partial charge in [0.15, 0.2) is 5.16 Å². The van der Waals surface area contributed by atoms with Gasteiger partial charge < -0.3 is 9.47 Å². The molecule has 1 atom stereocenters.